The molecule has 0 saturated heterocycles. The maximum Gasteiger partial charge on any atom is 0.270 e. The molecule has 0 fully saturated rings. The molecule has 1 aliphatic rings. The van der Waals surface area contributed by atoms with Crippen molar-refractivity contribution in [1.29, 1.82) is 0 Å². The molecule has 0 unspecified atom stereocenters. The van der Waals surface area contributed by atoms with Crippen molar-refractivity contribution in [3.05, 3.63) is 57.9 Å². The van der Waals surface area contributed by atoms with Gasteiger partial charge in [0.25, 0.3) is 5.91 Å². The zero-order chi connectivity index (χ0) is 15.1. The molecule has 3 heterocycles. The summed E-state index contributed by atoms with van der Waals surface area (Å²) in [5.41, 5.74) is 3.22. The second-order valence-electron chi connectivity index (χ2n) is 5.01. The van der Waals surface area contributed by atoms with Crippen LogP contribution in [0.15, 0.2) is 41.8 Å². The number of ether oxygens (including phenoxy) is 1. The fraction of sp³-hybridized carbons (Fsp3) is 0.125. The molecule has 1 atom stereocenters. The van der Waals surface area contributed by atoms with Gasteiger partial charge in [-0.1, -0.05) is 6.07 Å². The van der Waals surface area contributed by atoms with Crippen LogP contribution < -0.4 is 10.1 Å². The molecule has 2 N–H and O–H groups in total. The largest absolute Gasteiger partial charge is 0.497 e. The lowest BCUT2D eigenvalue weighted by molar-refractivity contribution is 0.0956. The standard InChI is InChI=1S/C16H13N3O2S/c1-21-10-6-4-9(5-7-10)13-12-14(11-3-2-8-22-11)17-16(20)15(12)19-18-13/h2-8,14H,1H3,(H,17,20)(H,18,19)/t14-/m1/s1. The molecule has 0 saturated carbocycles. The van der Waals surface area contributed by atoms with Crippen molar-refractivity contribution < 1.29 is 9.53 Å². The third-order valence-electron chi connectivity index (χ3n) is 3.79. The topological polar surface area (TPSA) is 67.0 Å². The molecule has 5 nitrogen and oxygen atoms in total. The van der Waals surface area contributed by atoms with Gasteiger partial charge < -0.3 is 10.1 Å². The molecule has 110 valence electrons. The van der Waals surface area contributed by atoms with Gasteiger partial charge in [-0.15, -0.1) is 11.3 Å². The second kappa shape index (κ2) is 4.99. The zero-order valence-corrected chi connectivity index (χ0v) is 12.6. The first kappa shape index (κ1) is 13.1. The fourth-order valence-corrected chi connectivity index (χ4v) is 3.50. The number of H-pyrrole nitrogens is 1. The Hall–Kier alpha value is -2.60. The van der Waals surface area contributed by atoms with E-state index in [1.807, 2.05) is 41.8 Å². The van der Waals surface area contributed by atoms with Crippen LogP contribution in [0.5, 0.6) is 5.75 Å². The van der Waals surface area contributed by atoms with Gasteiger partial charge in [0, 0.05) is 16.0 Å². The van der Waals surface area contributed by atoms with E-state index >= 15 is 0 Å². The van der Waals surface area contributed by atoms with Crippen LogP contribution in [0, 0.1) is 0 Å². The van der Waals surface area contributed by atoms with Crippen LogP contribution in [0.2, 0.25) is 0 Å². The molecule has 0 radical (unpaired) electrons. The SMILES string of the molecule is COc1ccc(-c2n[nH]c3c2[C@@H](c2cccs2)NC3=O)cc1. The van der Waals surface area contributed by atoms with Crippen molar-refractivity contribution in [2.75, 3.05) is 7.11 Å². The number of carbonyl (C=O) groups is 1. The van der Waals surface area contributed by atoms with Gasteiger partial charge >= 0.3 is 0 Å². The first-order valence-electron chi connectivity index (χ1n) is 6.85. The smallest absolute Gasteiger partial charge is 0.270 e. The molecule has 22 heavy (non-hydrogen) atoms. The third kappa shape index (κ3) is 1.92. The summed E-state index contributed by atoms with van der Waals surface area (Å²) in [6, 6.07) is 11.5. The number of benzene rings is 1. The quantitative estimate of drug-likeness (QED) is 0.781. The van der Waals surface area contributed by atoms with Crippen LogP contribution in [0.25, 0.3) is 11.3 Å². The Morgan fingerprint density at radius 1 is 1.23 bits per heavy atom. The van der Waals surface area contributed by atoms with Crippen LogP contribution >= 0.6 is 11.3 Å². The average Bonchev–Trinajstić information content (AvgIpc) is 3.26. The van der Waals surface area contributed by atoms with Crippen molar-refractivity contribution >= 4 is 17.2 Å². The Kier molecular flexibility index (Phi) is 2.97. The Morgan fingerprint density at radius 2 is 2.05 bits per heavy atom. The number of carbonyl (C=O) groups excluding carboxylic acids is 1. The number of hydrogen-bond acceptors (Lipinski definition) is 4. The van der Waals surface area contributed by atoms with E-state index in [0.29, 0.717) is 5.69 Å². The zero-order valence-electron chi connectivity index (χ0n) is 11.8. The van der Waals surface area contributed by atoms with Crippen LogP contribution in [-0.4, -0.2) is 23.2 Å². The number of thiophene rings is 1. The van der Waals surface area contributed by atoms with Gasteiger partial charge in [-0.2, -0.15) is 5.10 Å². The number of fused-ring (bicyclic) bond motifs is 1. The molecule has 4 rings (SSSR count). The average molecular weight is 311 g/mol. The number of nitrogens with zero attached hydrogens (tertiary/aromatic N) is 1. The number of rotatable bonds is 3. The molecule has 6 heteroatoms. The molecule has 0 spiro atoms. The van der Waals surface area contributed by atoms with E-state index in [9.17, 15) is 4.79 Å². The monoisotopic (exact) mass is 311 g/mol. The minimum absolute atomic E-state index is 0.110. The highest BCUT2D eigenvalue weighted by Gasteiger charge is 2.35. The first-order valence-corrected chi connectivity index (χ1v) is 7.73. The normalized spacial score (nSPS) is 16.4. The summed E-state index contributed by atoms with van der Waals surface area (Å²) in [4.78, 5) is 13.2. The molecule has 3 aromatic rings. The minimum atomic E-state index is -0.140. The van der Waals surface area contributed by atoms with E-state index in [4.69, 9.17) is 4.74 Å². The van der Waals surface area contributed by atoms with Gasteiger partial charge in [-0.05, 0) is 35.7 Å². The van der Waals surface area contributed by atoms with Gasteiger partial charge in [0.05, 0.1) is 18.8 Å². The highest BCUT2D eigenvalue weighted by Crippen LogP contribution is 2.38. The Morgan fingerprint density at radius 3 is 2.73 bits per heavy atom. The second-order valence-corrected chi connectivity index (χ2v) is 5.99. The van der Waals surface area contributed by atoms with Crippen molar-refractivity contribution in [2.45, 2.75) is 6.04 Å². The number of hydrogen-bond donors (Lipinski definition) is 2. The number of aromatic amines is 1. The number of nitrogens with one attached hydrogen (secondary N) is 2. The van der Waals surface area contributed by atoms with Gasteiger partial charge in [-0.25, -0.2) is 0 Å². The number of methoxy groups -OCH3 is 1. The first-order chi connectivity index (χ1) is 10.8. The predicted octanol–water partition coefficient (Wildman–Crippen LogP) is 2.98. The van der Waals surface area contributed by atoms with Gasteiger partial charge in [0.15, 0.2) is 0 Å². The fourth-order valence-electron chi connectivity index (χ4n) is 2.72. The van der Waals surface area contributed by atoms with E-state index in [1.165, 1.54) is 0 Å². The summed E-state index contributed by atoms with van der Waals surface area (Å²) >= 11 is 1.62. The van der Waals surface area contributed by atoms with Crippen molar-refractivity contribution in [3.8, 4) is 17.0 Å². The summed E-state index contributed by atoms with van der Waals surface area (Å²) < 4.78 is 5.18. The van der Waals surface area contributed by atoms with Crippen molar-refractivity contribution in [2.24, 2.45) is 0 Å². The minimum Gasteiger partial charge on any atom is -0.497 e. The third-order valence-corrected chi connectivity index (χ3v) is 4.72. The Balaban J connectivity index is 1.82. The summed E-state index contributed by atoms with van der Waals surface area (Å²) in [5, 5.41) is 12.2. The lowest BCUT2D eigenvalue weighted by Crippen LogP contribution is -2.20. The molecular formula is C16H13N3O2S. The summed E-state index contributed by atoms with van der Waals surface area (Å²) in [6.45, 7) is 0. The Labute approximate surface area is 130 Å². The molecule has 2 aromatic heterocycles. The van der Waals surface area contributed by atoms with E-state index in [-0.39, 0.29) is 11.9 Å². The molecule has 1 amide bonds. The van der Waals surface area contributed by atoms with Crippen LogP contribution in [0.1, 0.15) is 27.0 Å². The molecular weight excluding hydrogens is 298 g/mol. The number of aromatic nitrogens is 2. The van der Waals surface area contributed by atoms with Crippen LogP contribution in [-0.2, 0) is 0 Å². The number of amides is 1. The van der Waals surface area contributed by atoms with Crippen LogP contribution in [0.3, 0.4) is 0 Å². The highest BCUT2D eigenvalue weighted by atomic mass is 32.1. The van der Waals surface area contributed by atoms with E-state index in [0.717, 1.165) is 27.4 Å². The molecule has 0 bridgehead atoms. The summed E-state index contributed by atoms with van der Waals surface area (Å²) in [6.07, 6.45) is 0. The van der Waals surface area contributed by atoms with Crippen LogP contribution in [0.4, 0.5) is 0 Å². The highest BCUT2D eigenvalue weighted by molar-refractivity contribution is 7.10. The maximum atomic E-state index is 12.1. The van der Waals surface area contributed by atoms with Crippen molar-refractivity contribution in [1.82, 2.24) is 15.5 Å². The molecule has 0 aliphatic carbocycles. The van der Waals surface area contributed by atoms with E-state index < -0.39 is 0 Å². The summed E-state index contributed by atoms with van der Waals surface area (Å²) in [5.74, 6) is 0.681. The predicted molar refractivity (Wildman–Crippen MR) is 84.2 cm³/mol. The molecule has 1 aliphatic heterocycles. The Bertz CT molecular complexity index is 822. The van der Waals surface area contributed by atoms with Crippen molar-refractivity contribution in [3.63, 3.8) is 0 Å². The van der Waals surface area contributed by atoms with Gasteiger partial charge in [0.1, 0.15) is 11.4 Å². The van der Waals surface area contributed by atoms with Gasteiger partial charge in [-0.3, -0.25) is 9.89 Å². The maximum absolute atomic E-state index is 12.1. The summed E-state index contributed by atoms with van der Waals surface area (Å²) in [7, 11) is 1.64. The van der Waals surface area contributed by atoms with Gasteiger partial charge in [0.2, 0.25) is 0 Å². The lowest BCUT2D eigenvalue weighted by atomic mass is 10.0. The van der Waals surface area contributed by atoms with E-state index in [1.54, 1.807) is 18.4 Å². The van der Waals surface area contributed by atoms with E-state index in [2.05, 4.69) is 15.5 Å². The lowest BCUT2D eigenvalue weighted by Gasteiger charge is -2.11. The molecule has 1 aromatic carbocycles.